The number of hydrogen-bond donors (Lipinski definition) is 1. The number of likely N-dealkylation sites (N-methyl/N-ethyl adjacent to an activating group) is 1. The maximum absolute atomic E-state index is 12.3. The Morgan fingerprint density at radius 2 is 1.93 bits per heavy atom. The van der Waals surface area contributed by atoms with Gasteiger partial charge in [0.1, 0.15) is 5.75 Å². The van der Waals surface area contributed by atoms with Gasteiger partial charge in [0.05, 0.1) is 6.04 Å². The number of fused-ring (bicyclic) bond motifs is 1. The van der Waals surface area contributed by atoms with Crippen molar-refractivity contribution in [1.82, 2.24) is 10.2 Å². The molecule has 27 heavy (non-hydrogen) atoms. The van der Waals surface area contributed by atoms with Crippen molar-refractivity contribution in [2.24, 2.45) is 0 Å². The maximum atomic E-state index is 12.3. The maximum Gasteiger partial charge on any atom is 0.257 e. The molecule has 1 unspecified atom stereocenters. The fraction of sp³-hybridized carbons (Fsp3) is 0.364. The highest BCUT2D eigenvalue weighted by Crippen LogP contribution is 2.37. The molecular weight excluding hydrogens is 340 g/mol. The molecule has 0 bridgehead atoms. The predicted octanol–water partition coefficient (Wildman–Crippen LogP) is 3.00. The van der Waals surface area contributed by atoms with Crippen molar-refractivity contribution < 1.29 is 14.3 Å². The average Bonchev–Trinajstić information content (AvgIpc) is 2.66. The molecule has 0 saturated carbocycles. The van der Waals surface area contributed by atoms with Gasteiger partial charge in [-0.25, -0.2) is 0 Å². The molecule has 5 heteroatoms. The number of aryl methyl sites for hydroxylation is 1. The zero-order valence-corrected chi connectivity index (χ0v) is 16.1. The second kappa shape index (κ2) is 8.25. The van der Waals surface area contributed by atoms with Crippen LogP contribution >= 0.6 is 0 Å². The monoisotopic (exact) mass is 366 g/mol. The fourth-order valence-electron chi connectivity index (χ4n) is 3.53. The van der Waals surface area contributed by atoms with Gasteiger partial charge in [-0.2, -0.15) is 0 Å². The summed E-state index contributed by atoms with van der Waals surface area (Å²) >= 11 is 0. The summed E-state index contributed by atoms with van der Waals surface area (Å²) in [5.74, 6) is 0.554. The molecule has 0 radical (unpaired) electrons. The van der Waals surface area contributed by atoms with Crippen molar-refractivity contribution in [2.75, 3.05) is 19.7 Å². The van der Waals surface area contributed by atoms with Crippen LogP contribution in [0.1, 0.15) is 42.1 Å². The SMILES string of the molecule is CCNC(=O)COc1ccc2c(c1)C(c1ccc(C)cc1)N(C(C)=O)CC2. The molecule has 2 amide bonds. The van der Waals surface area contributed by atoms with Crippen LogP contribution in [-0.4, -0.2) is 36.4 Å². The molecule has 0 aliphatic carbocycles. The zero-order chi connectivity index (χ0) is 19.4. The lowest BCUT2D eigenvalue weighted by Gasteiger charge is -2.37. The van der Waals surface area contributed by atoms with Crippen LogP contribution in [-0.2, 0) is 16.0 Å². The minimum absolute atomic E-state index is 0.0156. The Labute approximate surface area is 160 Å². The van der Waals surface area contributed by atoms with Crippen molar-refractivity contribution in [1.29, 1.82) is 0 Å². The summed E-state index contributed by atoms with van der Waals surface area (Å²) in [6.45, 7) is 6.79. The van der Waals surface area contributed by atoms with E-state index in [9.17, 15) is 9.59 Å². The first kappa shape index (κ1) is 19.0. The van der Waals surface area contributed by atoms with Crippen LogP contribution in [0, 0.1) is 6.92 Å². The third kappa shape index (κ3) is 4.30. The topological polar surface area (TPSA) is 58.6 Å². The molecule has 1 aliphatic rings. The normalized spacial score (nSPS) is 15.8. The molecule has 1 heterocycles. The molecule has 1 N–H and O–H groups in total. The highest BCUT2D eigenvalue weighted by Gasteiger charge is 2.30. The smallest absolute Gasteiger partial charge is 0.257 e. The summed E-state index contributed by atoms with van der Waals surface area (Å²) in [5.41, 5.74) is 4.54. The van der Waals surface area contributed by atoms with Gasteiger partial charge in [-0.3, -0.25) is 9.59 Å². The number of rotatable bonds is 5. The molecule has 5 nitrogen and oxygen atoms in total. The van der Waals surface area contributed by atoms with Crippen molar-refractivity contribution >= 4 is 11.8 Å². The summed E-state index contributed by atoms with van der Waals surface area (Å²) in [5, 5.41) is 2.72. The van der Waals surface area contributed by atoms with Crippen LogP contribution in [0.5, 0.6) is 5.75 Å². The van der Waals surface area contributed by atoms with E-state index in [-0.39, 0.29) is 24.5 Å². The lowest BCUT2D eigenvalue weighted by atomic mass is 9.87. The van der Waals surface area contributed by atoms with Crippen LogP contribution in [0.25, 0.3) is 0 Å². The average molecular weight is 366 g/mol. The van der Waals surface area contributed by atoms with Gasteiger partial charge in [0.2, 0.25) is 5.91 Å². The zero-order valence-electron chi connectivity index (χ0n) is 16.1. The van der Waals surface area contributed by atoms with Crippen molar-refractivity contribution in [3.8, 4) is 5.75 Å². The number of carbonyl (C=O) groups is 2. The summed E-state index contributed by atoms with van der Waals surface area (Å²) in [4.78, 5) is 25.9. The third-order valence-corrected chi connectivity index (χ3v) is 4.89. The van der Waals surface area contributed by atoms with Crippen LogP contribution in [0.3, 0.4) is 0 Å². The highest BCUT2D eigenvalue weighted by atomic mass is 16.5. The molecule has 2 aromatic rings. The van der Waals surface area contributed by atoms with Gasteiger partial charge in [0, 0.05) is 20.0 Å². The number of nitrogens with one attached hydrogen (secondary N) is 1. The van der Waals surface area contributed by atoms with Gasteiger partial charge >= 0.3 is 0 Å². The van der Waals surface area contributed by atoms with Crippen LogP contribution < -0.4 is 10.1 Å². The van der Waals surface area contributed by atoms with Gasteiger partial charge in [-0.05, 0) is 49.1 Å². The van der Waals surface area contributed by atoms with E-state index in [1.807, 2.05) is 30.0 Å². The van der Waals surface area contributed by atoms with E-state index >= 15 is 0 Å². The van der Waals surface area contributed by atoms with Gasteiger partial charge in [0.15, 0.2) is 6.61 Å². The molecule has 0 aromatic heterocycles. The number of amides is 2. The van der Waals surface area contributed by atoms with E-state index < -0.39 is 0 Å². The number of hydrogen-bond acceptors (Lipinski definition) is 3. The first-order chi connectivity index (χ1) is 13.0. The van der Waals surface area contributed by atoms with Crippen molar-refractivity contribution in [3.05, 3.63) is 64.7 Å². The molecular formula is C22H26N2O3. The molecule has 0 fully saturated rings. The van der Waals surface area contributed by atoms with Crippen molar-refractivity contribution in [3.63, 3.8) is 0 Å². The van der Waals surface area contributed by atoms with Crippen LogP contribution in [0.2, 0.25) is 0 Å². The van der Waals surface area contributed by atoms with E-state index in [0.717, 1.165) is 17.5 Å². The standard InChI is InChI=1S/C22H26N2O3/c1-4-23-21(26)14-27-19-10-9-17-11-12-24(16(3)25)22(20(17)13-19)18-7-5-15(2)6-8-18/h5-10,13,22H,4,11-12,14H2,1-3H3,(H,23,26). The van der Waals surface area contributed by atoms with Crippen LogP contribution in [0.4, 0.5) is 0 Å². The predicted molar refractivity (Wildman–Crippen MR) is 105 cm³/mol. The Hall–Kier alpha value is -2.82. The minimum atomic E-state index is -0.143. The second-order valence-corrected chi connectivity index (χ2v) is 6.88. The quantitative estimate of drug-likeness (QED) is 0.885. The van der Waals surface area contributed by atoms with E-state index in [4.69, 9.17) is 4.74 Å². The molecule has 3 rings (SSSR count). The van der Waals surface area contributed by atoms with Crippen LogP contribution in [0.15, 0.2) is 42.5 Å². The van der Waals surface area contributed by atoms with E-state index in [1.54, 1.807) is 6.92 Å². The number of benzene rings is 2. The summed E-state index contributed by atoms with van der Waals surface area (Å²) in [7, 11) is 0. The summed E-state index contributed by atoms with van der Waals surface area (Å²) < 4.78 is 5.67. The van der Waals surface area contributed by atoms with E-state index in [2.05, 4.69) is 36.5 Å². The molecule has 0 saturated heterocycles. The Morgan fingerprint density at radius 3 is 2.59 bits per heavy atom. The van der Waals surface area contributed by atoms with Gasteiger partial charge < -0.3 is 15.0 Å². The lowest BCUT2D eigenvalue weighted by molar-refractivity contribution is -0.130. The summed E-state index contributed by atoms with van der Waals surface area (Å²) in [6.07, 6.45) is 0.813. The van der Waals surface area contributed by atoms with E-state index in [0.29, 0.717) is 18.8 Å². The van der Waals surface area contributed by atoms with Gasteiger partial charge in [0.25, 0.3) is 5.91 Å². The fourth-order valence-corrected chi connectivity index (χ4v) is 3.53. The lowest BCUT2D eigenvalue weighted by Crippen LogP contribution is -2.39. The Morgan fingerprint density at radius 1 is 1.19 bits per heavy atom. The van der Waals surface area contributed by atoms with Crippen molar-refractivity contribution in [2.45, 2.75) is 33.2 Å². The number of ether oxygens (including phenoxy) is 1. The largest absolute Gasteiger partial charge is 0.484 e. The summed E-state index contributed by atoms with van der Waals surface area (Å²) in [6, 6.07) is 14.1. The highest BCUT2D eigenvalue weighted by molar-refractivity contribution is 5.77. The second-order valence-electron chi connectivity index (χ2n) is 6.88. The Kier molecular flexibility index (Phi) is 5.79. The molecule has 1 atom stereocenters. The first-order valence-electron chi connectivity index (χ1n) is 9.35. The molecule has 1 aliphatic heterocycles. The molecule has 142 valence electrons. The molecule has 0 spiro atoms. The minimum Gasteiger partial charge on any atom is -0.484 e. The third-order valence-electron chi connectivity index (χ3n) is 4.89. The first-order valence-corrected chi connectivity index (χ1v) is 9.35. The Balaban J connectivity index is 1.94. The van der Waals surface area contributed by atoms with Gasteiger partial charge in [-0.1, -0.05) is 35.9 Å². The Bertz CT molecular complexity index is 830. The molecule has 2 aromatic carbocycles. The number of carbonyl (C=O) groups excluding carboxylic acids is 2. The number of nitrogens with zero attached hydrogens (tertiary/aromatic N) is 1. The van der Waals surface area contributed by atoms with E-state index in [1.165, 1.54) is 11.1 Å². The van der Waals surface area contributed by atoms with Gasteiger partial charge in [-0.15, -0.1) is 0 Å².